The van der Waals surface area contributed by atoms with E-state index in [1.165, 1.54) is 12.8 Å². The van der Waals surface area contributed by atoms with Gasteiger partial charge in [0.2, 0.25) is 0 Å². The maximum Gasteiger partial charge on any atom is 0.309 e. The van der Waals surface area contributed by atoms with E-state index in [1.807, 2.05) is 6.08 Å². The monoisotopic (exact) mass is 208 g/mol. The van der Waals surface area contributed by atoms with Crippen molar-refractivity contribution in [2.75, 3.05) is 0 Å². The summed E-state index contributed by atoms with van der Waals surface area (Å²) >= 11 is 0. The standard InChI is InChI=1S/C13H20O2/c1-2-3-4-7-13(12(14)15)9-10-5-6-11(13)8-10/h2,10-11H,1,3-9H2,(H,14,15). The highest BCUT2D eigenvalue weighted by Gasteiger charge is 2.54. The predicted octanol–water partition coefficient (Wildman–Crippen LogP) is 3.23. The summed E-state index contributed by atoms with van der Waals surface area (Å²) in [5, 5.41) is 9.46. The Hall–Kier alpha value is -0.790. The van der Waals surface area contributed by atoms with E-state index in [-0.39, 0.29) is 5.41 Å². The van der Waals surface area contributed by atoms with Crippen LogP contribution in [0.4, 0.5) is 0 Å². The molecular weight excluding hydrogens is 188 g/mol. The van der Waals surface area contributed by atoms with Crippen LogP contribution in [-0.4, -0.2) is 11.1 Å². The third kappa shape index (κ3) is 1.70. The number of fused-ring (bicyclic) bond motifs is 2. The largest absolute Gasteiger partial charge is 0.481 e. The van der Waals surface area contributed by atoms with Crippen molar-refractivity contribution in [3.8, 4) is 0 Å². The molecule has 3 unspecified atom stereocenters. The number of carboxylic acids is 1. The molecule has 2 aliphatic rings. The molecule has 0 aromatic rings. The molecule has 2 nitrogen and oxygen atoms in total. The van der Waals surface area contributed by atoms with Crippen LogP contribution in [0.25, 0.3) is 0 Å². The van der Waals surface area contributed by atoms with E-state index >= 15 is 0 Å². The zero-order valence-corrected chi connectivity index (χ0v) is 9.24. The molecule has 2 aliphatic carbocycles. The third-order valence-corrected chi connectivity index (χ3v) is 4.43. The molecule has 0 aromatic heterocycles. The second-order valence-electron chi connectivity index (χ2n) is 5.22. The van der Waals surface area contributed by atoms with Crippen LogP contribution in [0, 0.1) is 17.3 Å². The van der Waals surface area contributed by atoms with Crippen LogP contribution in [0.5, 0.6) is 0 Å². The first-order valence-electron chi connectivity index (χ1n) is 6.03. The smallest absolute Gasteiger partial charge is 0.309 e. The van der Waals surface area contributed by atoms with Crippen molar-refractivity contribution in [1.82, 2.24) is 0 Å². The SMILES string of the molecule is C=CCCCC1(C(=O)O)CC2CCC1C2. The molecule has 0 saturated heterocycles. The predicted molar refractivity (Wildman–Crippen MR) is 59.6 cm³/mol. The number of unbranched alkanes of at least 4 members (excludes halogenated alkanes) is 1. The number of allylic oxidation sites excluding steroid dienone is 1. The molecule has 0 radical (unpaired) electrons. The topological polar surface area (TPSA) is 37.3 Å². The van der Waals surface area contributed by atoms with E-state index in [1.54, 1.807) is 0 Å². The maximum absolute atomic E-state index is 11.5. The Morgan fingerprint density at radius 1 is 1.53 bits per heavy atom. The van der Waals surface area contributed by atoms with Gasteiger partial charge in [0.25, 0.3) is 0 Å². The Kier molecular flexibility index (Phi) is 2.85. The zero-order valence-electron chi connectivity index (χ0n) is 9.24. The van der Waals surface area contributed by atoms with Gasteiger partial charge in [-0.05, 0) is 50.4 Å². The summed E-state index contributed by atoms with van der Waals surface area (Å²) in [4.78, 5) is 11.5. The Morgan fingerprint density at radius 3 is 2.80 bits per heavy atom. The third-order valence-electron chi connectivity index (χ3n) is 4.43. The van der Waals surface area contributed by atoms with Crippen molar-refractivity contribution in [2.24, 2.45) is 17.3 Å². The van der Waals surface area contributed by atoms with Gasteiger partial charge in [-0.1, -0.05) is 12.5 Å². The van der Waals surface area contributed by atoms with Crippen molar-refractivity contribution >= 4 is 5.97 Å². The van der Waals surface area contributed by atoms with E-state index in [0.717, 1.165) is 32.1 Å². The van der Waals surface area contributed by atoms with E-state index < -0.39 is 5.97 Å². The van der Waals surface area contributed by atoms with Gasteiger partial charge in [-0.25, -0.2) is 0 Å². The van der Waals surface area contributed by atoms with Gasteiger partial charge in [0, 0.05) is 0 Å². The second kappa shape index (κ2) is 3.99. The van der Waals surface area contributed by atoms with E-state index in [2.05, 4.69) is 6.58 Å². The van der Waals surface area contributed by atoms with Crippen molar-refractivity contribution in [3.63, 3.8) is 0 Å². The quantitative estimate of drug-likeness (QED) is 0.556. The minimum atomic E-state index is -0.543. The highest BCUT2D eigenvalue weighted by molar-refractivity contribution is 5.75. The van der Waals surface area contributed by atoms with Crippen LogP contribution in [-0.2, 0) is 4.79 Å². The summed E-state index contributed by atoms with van der Waals surface area (Å²) in [7, 11) is 0. The molecule has 2 rings (SSSR count). The lowest BCUT2D eigenvalue weighted by Gasteiger charge is -2.33. The van der Waals surface area contributed by atoms with Crippen molar-refractivity contribution < 1.29 is 9.90 Å². The van der Waals surface area contributed by atoms with Crippen molar-refractivity contribution in [3.05, 3.63) is 12.7 Å². The molecule has 2 bridgehead atoms. The van der Waals surface area contributed by atoms with E-state index in [0.29, 0.717) is 11.8 Å². The van der Waals surface area contributed by atoms with Crippen LogP contribution in [0.15, 0.2) is 12.7 Å². The lowest BCUT2D eigenvalue weighted by molar-refractivity contribution is -0.153. The number of rotatable bonds is 5. The average Bonchev–Trinajstić information content (AvgIpc) is 2.78. The first-order chi connectivity index (χ1) is 7.19. The minimum absolute atomic E-state index is 0.369. The fraction of sp³-hybridized carbons (Fsp3) is 0.769. The van der Waals surface area contributed by atoms with Crippen LogP contribution in [0.3, 0.4) is 0 Å². The van der Waals surface area contributed by atoms with Crippen molar-refractivity contribution in [2.45, 2.75) is 44.9 Å². The van der Waals surface area contributed by atoms with Crippen LogP contribution in [0.1, 0.15) is 44.9 Å². The van der Waals surface area contributed by atoms with Crippen molar-refractivity contribution in [1.29, 1.82) is 0 Å². The molecule has 2 heteroatoms. The molecular formula is C13H20O2. The first-order valence-corrected chi connectivity index (χ1v) is 6.03. The molecule has 0 heterocycles. The average molecular weight is 208 g/mol. The zero-order chi connectivity index (χ0) is 10.9. The van der Waals surface area contributed by atoms with Gasteiger partial charge in [0.1, 0.15) is 0 Å². The maximum atomic E-state index is 11.5. The summed E-state index contributed by atoms with van der Waals surface area (Å²) < 4.78 is 0. The molecule has 0 amide bonds. The van der Waals surface area contributed by atoms with Gasteiger partial charge < -0.3 is 5.11 Å². The van der Waals surface area contributed by atoms with Crippen LogP contribution >= 0.6 is 0 Å². The lowest BCUT2D eigenvalue weighted by atomic mass is 9.70. The molecule has 1 N–H and O–H groups in total. The number of hydrogen-bond donors (Lipinski definition) is 1. The number of aliphatic carboxylic acids is 1. The molecule has 2 fully saturated rings. The van der Waals surface area contributed by atoms with Crippen LogP contribution < -0.4 is 0 Å². The summed E-state index contributed by atoms with van der Waals surface area (Å²) in [5.41, 5.74) is -0.369. The summed E-state index contributed by atoms with van der Waals surface area (Å²) in [6, 6.07) is 0. The highest BCUT2D eigenvalue weighted by Crippen LogP contribution is 2.58. The summed E-state index contributed by atoms with van der Waals surface area (Å²) in [5.74, 6) is 0.624. The molecule has 15 heavy (non-hydrogen) atoms. The molecule has 0 aromatic carbocycles. The van der Waals surface area contributed by atoms with E-state index in [4.69, 9.17) is 0 Å². The number of hydrogen-bond acceptors (Lipinski definition) is 1. The minimum Gasteiger partial charge on any atom is -0.481 e. The Labute approximate surface area is 91.4 Å². The highest BCUT2D eigenvalue weighted by atomic mass is 16.4. The van der Waals surface area contributed by atoms with Crippen LogP contribution in [0.2, 0.25) is 0 Å². The van der Waals surface area contributed by atoms with E-state index in [9.17, 15) is 9.90 Å². The number of carboxylic acid groups (broad SMARTS) is 1. The fourth-order valence-corrected chi connectivity index (χ4v) is 3.68. The molecule has 0 aliphatic heterocycles. The summed E-state index contributed by atoms with van der Waals surface area (Å²) in [6.07, 6.45) is 9.19. The van der Waals surface area contributed by atoms with Gasteiger partial charge in [-0.3, -0.25) is 4.79 Å². The Balaban J connectivity index is 2.05. The molecule has 3 atom stereocenters. The molecule has 2 saturated carbocycles. The van der Waals surface area contributed by atoms with Gasteiger partial charge in [-0.2, -0.15) is 0 Å². The van der Waals surface area contributed by atoms with Gasteiger partial charge in [0.05, 0.1) is 5.41 Å². The lowest BCUT2D eigenvalue weighted by Crippen LogP contribution is -2.36. The molecule has 0 spiro atoms. The molecule has 84 valence electrons. The summed E-state index contributed by atoms with van der Waals surface area (Å²) in [6.45, 7) is 3.69. The van der Waals surface area contributed by atoms with Gasteiger partial charge in [0.15, 0.2) is 0 Å². The second-order valence-corrected chi connectivity index (χ2v) is 5.22. The first kappa shape index (κ1) is 10.7. The number of carbonyl (C=O) groups is 1. The fourth-order valence-electron chi connectivity index (χ4n) is 3.68. The van der Waals surface area contributed by atoms with Gasteiger partial charge in [-0.15, -0.1) is 6.58 Å². The Bertz CT molecular complexity index is 272. The van der Waals surface area contributed by atoms with Gasteiger partial charge >= 0.3 is 5.97 Å². The normalized spacial score (nSPS) is 38.1. The Morgan fingerprint density at radius 2 is 2.33 bits per heavy atom.